The summed E-state index contributed by atoms with van der Waals surface area (Å²) in [7, 11) is 1.66. The first kappa shape index (κ1) is 56.6. The van der Waals surface area contributed by atoms with Gasteiger partial charge in [0, 0.05) is 64.1 Å². The third kappa shape index (κ3) is 20.1. The Bertz CT molecular complexity index is 1930. The summed E-state index contributed by atoms with van der Waals surface area (Å²) in [5.74, 6) is -0.364. The van der Waals surface area contributed by atoms with E-state index in [2.05, 4.69) is 0 Å². The van der Waals surface area contributed by atoms with E-state index in [0.29, 0.717) is 82.4 Å². The molecule has 0 spiro atoms. The summed E-state index contributed by atoms with van der Waals surface area (Å²) in [6, 6.07) is 4.83. The van der Waals surface area contributed by atoms with Gasteiger partial charge in [-0.3, -0.25) is 29.3 Å². The zero-order valence-corrected chi connectivity index (χ0v) is 41.4. The van der Waals surface area contributed by atoms with E-state index in [1.807, 2.05) is 57.2 Å². The van der Waals surface area contributed by atoms with Crippen molar-refractivity contribution in [1.82, 2.24) is 4.90 Å². The summed E-state index contributed by atoms with van der Waals surface area (Å²) in [6.07, 6.45) is 19.8. The molecule has 3 N–H and O–H groups in total. The fourth-order valence-corrected chi connectivity index (χ4v) is 9.30. The highest BCUT2D eigenvalue weighted by Crippen LogP contribution is 2.32. The van der Waals surface area contributed by atoms with Gasteiger partial charge in [-0.1, -0.05) is 50.3 Å². The maximum absolute atomic E-state index is 13.0. The Morgan fingerprint density at radius 1 is 0.942 bits per heavy atom. The molecule has 4 rings (SSSR count). The molecule has 1 amide bonds. The molecule has 1 aromatic carbocycles. The van der Waals surface area contributed by atoms with Gasteiger partial charge in [0.15, 0.2) is 0 Å². The molecule has 16 nitrogen and oxygen atoms in total. The molecule has 1 saturated carbocycles. The second-order valence-corrected chi connectivity index (χ2v) is 19.3. The van der Waals surface area contributed by atoms with Gasteiger partial charge in [-0.15, -0.1) is 0 Å². The summed E-state index contributed by atoms with van der Waals surface area (Å²) >= 11 is 0. The Labute approximate surface area is 408 Å². The van der Waals surface area contributed by atoms with Gasteiger partial charge in [-0.2, -0.15) is 0 Å². The van der Waals surface area contributed by atoms with Crippen molar-refractivity contribution in [2.24, 2.45) is 23.5 Å². The zero-order chi connectivity index (χ0) is 50.3. The zero-order valence-electron chi connectivity index (χ0n) is 41.4. The van der Waals surface area contributed by atoms with E-state index in [-0.39, 0.29) is 65.9 Å². The van der Waals surface area contributed by atoms with Crippen LogP contribution in [0.3, 0.4) is 0 Å². The summed E-state index contributed by atoms with van der Waals surface area (Å²) in [5, 5.41) is 21.7. The molecule has 16 heteroatoms. The topological polar surface area (TPSA) is 224 Å². The minimum absolute atomic E-state index is 0.0100. The van der Waals surface area contributed by atoms with Gasteiger partial charge in [-0.25, -0.2) is 4.79 Å². The van der Waals surface area contributed by atoms with Crippen LogP contribution in [0.5, 0.6) is 5.75 Å². The SMILES string of the molecule is COC(CC1CCCC(C(=O)C(=O)N2CCCCC2)O1)/C(C)=C/C=C/C=C/C(C)CCC(=O)CC(O)/C(C)=C/C(C)C(N)CC(CCC1CCC(OC(=O)Oc2ccc([N+](=O)[O-])cc2)CC1)OC=O. The molecule has 2 saturated heterocycles. The highest BCUT2D eigenvalue weighted by Gasteiger charge is 2.35. The Morgan fingerprint density at radius 3 is 2.32 bits per heavy atom. The molecule has 3 fully saturated rings. The number of methoxy groups -OCH3 is 1. The van der Waals surface area contributed by atoms with Crippen LogP contribution in [0, 0.1) is 27.9 Å². The van der Waals surface area contributed by atoms with Gasteiger partial charge >= 0.3 is 6.16 Å². The standard InChI is InChI=1S/C53H77N3O13/c1-36(13-8-6-9-14-37(2)50(65-5)34-46-15-12-16-49(67-46)51(60)52(61)55-29-10-7-11-30-55)17-23-42(58)32-48(59)39(4)31-38(3)47(54)33-45(66-35-57)26-20-40-18-24-43(25-19-40)68-53(62)69-44-27-21-41(22-28-44)56(63)64/h6,8-9,13-14,21-22,27-28,31,35-36,38,40,43,45-50,59H,7,10-12,15-20,23-26,29-30,32-34,54H2,1-5H3/b9-6+,13-8+,37-14+,39-31+. The number of carbonyl (C=O) groups is 5. The van der Waals surface area contributed by atoms with Crippen LogP contribution in [-0.4, -0.2) is 108 Å². The molecular formula is C53H77N3O13. The van der Waals surface area contributed by atoms with Crippen molar-refractivity contribution in [2.75, 3.05) is 20.2 Å². The first-order valence-corrected chi connectivity index (χ1v) is 24.9. The average Bonchev–Trinajstić information content (AvgIpc) is 3.34. The molecule has 0 bridgehead atoms. The summed E-state index contributed by atoms with van der Waals surface area (Å²) in [5.41, 5.74) is 8.14. The van der Waals surface area contributed by atoms with E-state index in [4.69, 9.17) is 29.4 Å². The maximum atomic E-state index is 13.0. The van der Waals surface area contributed by atoms with E-state index in [1.54, 1.807) is 18.9 Å². The molecule has 0 aromatic heterocycles. The lowest BCUT2D eigenvalue weighted by atomic mass is 9.83. The van der Waals surface area contributed by atoms with Gasteiger partial charge in [0.05, 0.1) is 23.2 Å². The van der Waals surface area contributed by atoms with Crippen LogP contribution in [0.25, 0.3) is 0 Å². The van der Waals surface area contributed by atoms with Crippen molar-refractivity contribution in [1.29, 1.82) is 0 Å². The first-order chi connectivity index (χ1) is 33.1. The number of hydrogen-bond acceptors (Lipinski definition) is 14. The predicted molar refractivity (Wildman–Crippen MR) is 261 cm³/mol. The minimum Gasteiger partial charge on any atom is -0.465 e. The Kier molecular flexibility index (Phi) is 24.5. The number of piperidine rings is 1. The van der Waals surface area contributed by atoms with Crippen LogP contribution in [0.1, 0.15) is 137 Å². The summed E-state index contributed by atoms with van der Waals surface area (Å²) in [4.78, 5) is 74.3. The molecule has 382 valence electrons. The number of carbonyl (C=O) groups excluding carboxylic acids is 5. The molecule has 2 aliphatic heterocycles. The summed E-state index contributed by atoms with van der Waals surface area (Å²) < 4.78 is 28.0. The quantitative estimate of drug-likeness (QED) is 0.0123. The third-order valence-electron chi connectivity index (χ3n) is 13.8. The van der Waals surface area contributed by atoms with Crippen molar-refractivity contribution in [3.8, 4) is 5.75 Å². The number of nitro benzene ring substituents is 1. The predicted octanol–water partition coefficient (Wildman–Crippen LogP) is 9.01. The van der Waals surface area contributed by atoms with Crippen molar-refractivity contribution in [3.63, 3.8) is 0 Å². The summed E-state index contributed by atoms with van der Waals surface area (Å²) in [6.45, 7) is 9.50. The number of rotatable bonds is 27. The Balaban J connectivity index is 1.11. The van der Waals surface area contributed by atoms with Gasteiger partial charge in [0.1, 0.15) is 29.8 Å². The second-order valence-electron chi connectivity index (χ2n) is 19.3. The monoisotopic (exact) mass is 964 g/mol. The van der Waals surface area contributed by atoms with Crippen LogP contribution < -0.4 is 10.5 Å². The van der Waals surface area contributed by atoms with Crippen LogP contribution in [0.4, 0.5) is 10.5 Å². The number of aliphatic hydroxyl groups is 1. The van der Waals surface area contributed by atoms with Gasteiger partial charge in [0.25, 0.3) is 18.1 Å². The van der Waals surface area contributed by atoms with Gasteiger partial charge in [-0.05, 0) is 138 Å². The largest absolute Gasteiger partial charge is 0.514 e. The third-order valence-corrected chi connectivity index (χ3v) is 13.8. The molecular weight excluding hydrogens is 887 g/mol. The number of nitrogens with zero attached hydrogens (tertiary/aromatic N) is 2. The molecule has 1 aliphatic carbocycles. The molecule has 1 aromatic rings. The normalized spacial score (nSPS) is 23.1. The van der Waals surface area contributed by atoms with Crippen LogP contribution in [0.15, 0.2) is 71.9 Å². The molecule has 3 aliphatic rings. The number of Topliss-reactive ketones (excluding diaryl/α,β-unsaturated/α-hetero) is 2. The van der Waals surface area contributed by atoms with Crippen LogP contribution >= 0.6 is 0 Å². The van der Waals surface area contributed by atoms with Crippen LogP contribution in [0.2, 0.25) is 0 Å². The van der Waals surface area contributed by atoms with E-state index in [9.17, 15) is 39.2 Å². The van der Waals surface area contributed by atoms with Gasteiger partial charge < -0.3 is 39.4 Å². The first-order valence-electron chi connectivity index (χ1n) is 24.9. The fourth-order valence-electron chi connectivity index (χ4n) is 9.30. The van der Waals surface area contributed by atoms with E-state index in [1.165, 1.54) is 24.3 Å². The number of nitrogens with two attached hydrogens (primary N) is 1. The highest BCUT2D eigenvalue weighted by atomic mass is 16.7. The lowest BCUT2D eigenvalue weighted by Gasteiger charge is -2.33. The average molecular weight is 964 g/mol. The molecule has 8 atom stereocenters. The fraction of sp³-hybridized carbons (Fsp3) is 0.642. The number of allylic oxidation sites excluding steroid dienone is 5. The number of benzene rings is 1. The number of nitro groups is 1. The molecule has 0 radical (unpaired) electrons. The molecule has 69 heavy (non-hydrogen) atoms. The molecule has 2 heterocycles. The number of aliphatic hydroxyl groups excluding tert-OH is 1. The van der Waals surface area contributed by atoms with Crippen molar-refractivity contribution in [2.45, 2.75) is 180 Å². The Morgan fingerprint density at radius 2 is 1.65 bits per heavy atom. The lowest BCUT2D eigenvalue weighted by Crippen LogP contribution is -2.46. The van der Waals surface area contributed by atoms with Crippen molar-refractivity contribution < 1.29 is 57.7 Å². The molecule has 8 unspecified atom stereocenters. The maximum Gasteiger partial charge on any atom is 0.514 e. The lowest BCUT2D eigenvalue weighted by molar-refractivity contribution is -0.384. The van der Waals surface area contributed by atoms with Crippen molar-refractivity contribution in [3.05, 3.63) is 82.0 Å². The van der Waals surface area contributed by atoms with Crippen molar-refractivity contribution >= 4 is 35.8 Å². The van der Waals surface area contributed by atoms with E-state index < -0.39 is 35.0 Å². The highest BCUT2D eigenvalue weighted by molar-refractivity contribution is 6.37. The number of ketones is 2. The second kappa shape index (κ2) is 29.9. The van der Waals surface area contributed by atoms with Gasteiger partial charge in [0.2, 0.25) is 5.78 Å². The van der Waals surface area contributed by atoms with E-state index >= 15 is 0 Å². The number of amides is 1. The smallest absolute Gasteiger partial charge is 0.465 e. The number of ether oxygens (including phenoxy) is 5. The van der Waals surface area contributed by atoms with Crippen LogP contribution in [-0.2, 0) is 38.1 Å². The number of hydrogen-bond donors (Lipinski definition) is 2. The Hall–Kier alpha value is -5.03. The number of non-ortho nitro benzene ring substituents is 1. The number of likely N-dealkylation sites (tertiary alicyclic amines) is 1. The minimum atomic E-state index is -0.931. The van der Waals surface area contributed by atoms with E-state index in [0.717, 1.165) is 56.9 Å².